The number of aromatic nitrogens is 3. The van der Waals surface area contributed by atoms with Gasteiger partial charge in [-0.25, -0.2) is 4.68 Å². The summed E-state index contributed by atoms with van der Waals surface area (Å²) in [7, 11) is 0. The van der Waals surface area contributed by atoms with E-state index < -0.39 is 11.8 Å². The van der Waals surface area contributed by atoms with Crippen LogP contribution in [-0.2, 0) is 17.9 Å². The van der Waals surface area contributed by atoms with E-state index in [1.165, 1.54) is 5.56 Å². The standard InChI is InChI=1S/C27H23N5O3/c1-17-9-10-23(18(2)13-17)32-25(29-11-5-6-12-29)21-14-30(15-22(21)28-32)24(33)16-31-26(34)19-7-3-4-8-20(19)27(31)35/h3-13H,14-16H2,1-2H3. The van der Waals surface area contributed by atoms with Crippen LogP contribution in [0.5, 0.6) is 0 Å². The normalized spacial score (nSPS) is 14.6. The number of fused-ring (bicyclic) bond motifs is 2. The van der Waals surface area contributed by atoms with Crippen molar-refractivity contribution in [3.8, 4) is 11.5 Å². The third-order valence-electron chi connectivity index (χ3n) is 6.68. The van der Waals surface area contributed by atoms with Crippen molar-refractivity contribution in [1.82, 2.24) is 24.1 Å². The lowest BCUT2D eigenvalue weighted by molar-refractivity contribution is -0.132. The molecule has 0 unspecified atom stereocenters. The summed E-state index contributed by atoms with van der Waals surface area (Å²) < 4.78 is 3.94. The molecule has 0 spiro atoms. The Balaban J connectivity index is 1.29. The fourth-order valence-corrected chi connectivity index (χ4v) is 4.95. The van der Waals surface area contributed by atoms with Gasteiger partial charge in [0, 0.05) is 18.0 Å². The quantitative estimate of drug-likeness (QED) is 0.433. The van der Waals surface area contributed by atoms with Gasteiger partial charge in [0.1, 0.15) is 12.4 Å². The molecular formula is C27H23N5O3. The van der Waals surface area contributed by atoms with Gasteiger partial charge in [-0.05, 0) is 49.7 Å². The Morgan fingerprint density at radius 2 is 1.60 bits per heavy atom. The molecule has 8 heteroatoms. The molecule has 0 N–H and O–H groups in total. The molecule has 0 atom stereocenters. The maximum absolute atomic E-state index is 13.2. The number of nitrogens with zero attached hydrogens (tertiary/aromatic N) is 5. The highest BCUT2D eigenvalue weighted by molar-refractivity contribution is 6.22. The molecule has 2 aliphatic heterocycles. The van der Waals surface area contributed by atoms with Crippen molar-refractivity contribution in [3.05, 3.63) is 101 Å². The van der Waals surface area contributed by atoms with Gasteiger partial charge in [0.15, 0.2) is 0 Å². The summed E-state index contributed by atoms with van der Waals surface area (Å²) in [6.07, 6.45) is 3.92. The fourth-order valence-electron chi connectivity index (χ4n) is 4.95. The first kappa shape index (κ1) is 21.1. The fraction of sp³-hybridized carbons (Fsp3) is 0.185. The molecule has 174 valence electrons. The van der Waals surface area contributed by atoms with E-state index in [9.17, 15) is 14.4 Å². The summed E-state index contributed by atoms with van der Waals surface area (Å²) in [4.78, 5) is 41.3. The SMILES string of the molecule is Cc1ccc(-n2nc3c(c2-n2cccc2)CN(C(=O)CN2C(=O)c4ccccc4C2=O)C3)c(C)c1. The number of benzene rings is 2. The maximum atomic E-state index is 13.2. The first-order valence-electron chi connectivity index (χ1n) is 11.5. The molecule has 0 saturated carbocycles. The summed E-state index contributed by atoms with van der Waals surface area (Å²) in [5.41, 5.74) is 5.72. The van der Waals surface area contributed by atoms with Gasteiger partial charge in [0.2, 0.25) is 5.91 Å². The van der Waals surface area contributed by atoms with E-state index in [1.807, 2.05) is 33.8 Å². The van der Waals surface area contributed by atoms with E-state index in [1.54, 1.807) is 29.2 Å². The number of aryl methyl sites for hydroxylation is 2. The van der Waals surface area contributed by atoms with Crippen LogP contribution in [0, 0.1) is 13.8 Å². The van der Waals surface area contributed by atoms with Gasteiger partial charge >= 0.3 is 0 Å². The molecular weight excluding hydrogens is 442 g/mol. The van der Waals surface area contributed by atoms with Crippen LogP contribution in [0.25, 0.3) is 11.5 Å². The molecule has 0 aliphatic carbocycles. The third-order valence-corrected chi connectivity index (χ3v) is 6.68. The predicted molar refractivity (Wildman–Crippen MR) is 128 cm³/mol. The molecule has 8 nitrogen and oxygen atoms in total. The Kier molecular flexibility index (Phi) is 4.70. The monoisotopic (exact) mass is 465 g/mol. The topological polar surface area (TPSA) is 80.4 Å². The van der Waals surface area contributed by atoms with E-state index in [4.69, 9.17) is 5.10 Å². The van der Waals surface area contributed by atoms with Gasteiger partial charge in [-0.1, -0.05) is 29.8 Å². The van der Waals surface area contributed by atoms with E-state index in [2.05, 4.69) is 32.0 Å². The highest BCUT2D eigenvalue weighted by Gasteiger charge is 2.39. The molecule has 3 amide bonds. The van der Waals surface area contributed by atoms with Crippen molar-refractivity contribution in [3.63, 3.8) is 0 Å². The van der Waals surface area contributed by atoms with Crippen LogP contribution in [0.15, 0.2) is 67.0 Å². The van der Waals surface area contributed by atoms with E-state index in [0.29, 0.717) is 24.2 Å². The molecule has 0 bridgehead atoms. The van der Waals surface area contributed by atoms with Gasteiger partial charge in [0.05, 0.1) is 35.6 Å². The van der Waals surface area contributed by atoms with Gasteiger partial charge in [0.25, 0.3) is 11.8 Å². The van der Waals surface area contributed by atoms with E-state index in [-0.39, 0.29) is 12.5 Å². The lowest BCUT2D eigenvalue weighted by atomic mass is 10.1. The van der Waals surface area contributed by atoms with E-state index in [0.717, 1.165) is 33.2 Å². The van der Waals surface area contributed by atoms with Crippen molar-refractivity contribution < 1.29 is 14.4 Å². The summed E-state index contributed by atoms with van der Waals surface area (Å²) >= 11 is 0. The number of imide groups is 1. The zero-order valence-electron chi connectivity index (χ0n) is 19.4. The Labute approximate surface area is 202 Å². The summed E-state index contributed by atoms with van der Waals surface area (Å²) in [5, 5.41) is 4.89. The van der Waals surface area contributed by atoms with Crippen LogP contribution in [0.1, 0.15) is 43.1 Å². The number of carbonyl (C=O) groups is 3. The second kappa shape index (κ2) is 7.80. The molecule has 35 heavy (non-hydrogen) atoms. The summed E-state index contributed by atoms with van der Waals surface area (Å²) in [5.74, 6) is -0.255. The molecule has 4 aromatic rings. The van der Waals surface area contributed by atoms with Gasteiger partial charge in [-0.15, -0.1) is 0 Å². The Bertz CT molecular complexity index is 1480. The van der Waals surface area contributed by atoms with Crippen LogP contribution in [0.2, 0.25) is 0 Å². The zero-order chi connectivity index (χ0) is 24.3. The van der Waals surface area contributed by atoms with Crippen LogP contribution >= 0.6 is 0 Å². The van der Waals surface area contributed by atoms with Crippen LogP contribution in [-0.4, -0.2) is 48.4 Å². The number of rotatable bonds is 4. The number of amides is 3. The van der Waals surface area contributed by atoms with Crippen LogP contribution in [0.3, 0.4) is 0 Å². The van der Waals surface area contributed by atoms with Gasteiger partial charge < -0.3 is 9.47 Å². The number of hydrogen-bond donors (Lipinski definition) is 0. The van der Waals surface area contributed by atoms with Crippen LogP contribution < -0.4 is 0 Å². The molecule has 0 fully saturated rings. The average molecular weight is 466 g/mol. The Morgan fingerprint density at radius 3 is 2.26 bits per heavy atom. The Morgan fingerprint density at radius 1 is 0.914 bits per heavy atom. The molecule has 6 rings (SSSR count). The molecule has 2 aliphatic rings. The van der Waals surface area contributed by atoms with Gasteiger partial charge in [-0.2, -0.15) is 5.10 Å². The van der Waals surface area contributed by atoms with E-state index >= 15 is 0 Å². The van der Waals surface area contributed by atoms with Gasteiger partial charge in [-0.3, -0.25) is 19.3 Å². The summed E-state index contributed by atoms with van der Waals surface area (Å²) in [6, 6.07) is 16.8. The minimum Gasteiger partial charge on any atom is -0.331 e. The Hall–Kier alpha value is -4.46. The van der Waals surface area contributed by atoms with Crippen molar-refractivity contribution in [2.45, 2.75) is 26.9 Å². The second-order valence-corrected chi connectivity index (χ2v) is 9.03. The van der Waals surface area contributed by atoms with Crippen molar-refractivity contribution >= 4 is 17.7 Å². The smallest absolute Gasteiger partial charge is 0.262 e. The van der Waals surface area contributed by atoms with Crippen molar-refractivity contribution in [1.29, 1.82) is 0 Å². The highest BCUT2D eigenvalue weighted by Crippen LogP contribution is 2.32. The van der Waals surface area contributed by atoms with Crippen LogP contribution in [0.4, 0.5) is 0 Å². The molecule has 0 radical (unpaired) electrons. The first-order valence-corrected chi connectivity index (χ1v) is 11.5. The molecule has 4 heterocycles. The molecule has 0 saturated heterocycles. The largest absolute Gasteiger partial charge is 0.331 e. The lowest BCUT2D eigenvalue weighted by Gasteiger charge is -2.21. The summed E-state index contributed by atoms with van der Waals surface area (Å²) in [6.45, 7) is 4.52. The maximum Gasteiger partial charge on any atom is 0.262 e. The second-order valence-electron chi connectivity index (χ2n) is 9.03. The zero-order valence-corrected chi connectivity index (χ0v) is 19.4. The van der Waals surface area contributed by atoms with Crippen molar-refractivity contribution in [2.75, 3.05) is 6.54 Å². The minimum absolute atomic E-state index is 0.283. The average Bonchev–Trinajstić information content (AvgIpc) is 3.61. The molecule has 2 aromatic carbocycles. The number of hydrogen-bond acceptors (Lipinski definition) is 4. The minimum atomic E-state index is -0.427. The number of carbonyl (C=O) groups excluding carboxylic acids is 3. The predicted octanol–water partition coefficient (Wildman–Crippen LogP) is 3.42. The van der Waals surface area contributed by atoms with Crippen molar-refractivity contribution in [2.24, 2.45) is 0 Å². The lowest BCUT2D eigenvalue weighted by Crippen LogP contribution is -2.41. The first-order chi connectivity index (χ1) is 16.9. The third kappa shape index (κ3) is 3.29. The highest BCUT2D eigenvalue weighted by atomic mass is 16.2. The molecule has 2 aromatic heterocycles.